The van der Waals surface area contributed by atoms with Crippen LogP contribution in [0.25, 0.3) is 0 Å². The molecule has 0 unspecified atom stereocenters. The minimum atomic E-state index is -1.75. The molecule has 0 radical (unpaired) electrons. The van der Waals surface area contributed by atoms with Gasteiger partial charge in [0.05, 0.1) is 12.5 Å². The summed E-state index contributed by atoms with van der Waals surface area (Å²) in [5.41, 5.74) is 6.08. The molecule has 3 amide bonds. The Bertz CT molecular complexity index is 905. The minimum Gasteiger partial charge on any atom is -0.481 e. The van der Waals surface area contributed by atoms with Gasteiger partial charge in [0.25, 0.3) is 0 Å². The number of carbonyl (C=O) groups is 6. The Morgan fingerprint density at radius 3 is 1.82 bits per heavy atom. The normalized spacial score (nSPS) is 14.1. The Balaban J connectivity index is 3.12. The van der Waals surface area contributed by atoms with E-state index >= 15 is 0 Å². The first-order valence-electron chi connectivity index (χ1n) is 10.3. The lowest BCUT2D eigenvalue weighted by Gasteiger charge is -2.24. The molecule has 186 valence electrons. The minimum absolute atomic E-state index is 0.0925. The standard InChI is InChI=1S/C21H28N4O9/c1-11(22)18(30)23-13(7-8-16(26)27)19(31)24-14(9-12-5-3-2-4-6-12)20(32)25-15(21(33)34)10-17(28)29/h2-6,11,13-15H,7-10,22H2,1H3,(H,23,30)(H,24,31)(H,25,32)(H,26,27)(H,28,29)(H,33,34)/t11-,13-,14-,15-/m0/s1. The van der Waals surface area contributed by atoms with E-state index in [9.17, 15) is 33.9 Å². The average Bonchev–Trinajstić information content (AvgIpc) is 2.75. The quantitative estimate of drug-likeness (QED) is 0.162. The van der Waals surface area contributed by atoms with E-state index in [1.54, 1.807) is 30.3 Å². The summed E-state index contributed by atoms with van der Waals surface area (Å²) in [6.45, 7) is 1.36. The Morgan fingerprint density at radius 1 is 0.794 bits per heavy atom. The number of carboxylic acids is 3. The van der Waals surface area contributed by atoms with Crippen LogP contribution in [0.3, 0.4) is 0 Å². The fraction of sp³-hybridized carbons (Fsp3) is 0.429. The highest BCUT2D eigenvalue weighted by Crippen LogP contribution is 2.07. The van der Waals surface area contributed by atoms with Crippen LogP contribution in [0, 0.1) is 0 Å². The van der Waals surface area contributed by atoms with Crippen molar-refractivity contribution in [1.29, 1.82) is 0 Å². The zero-order valence-corrected chi connectivity index (χ0v) is 18.4. The first-order chi connectivity index (χ1) is 15.9. The van der Waals surface area contributed by atoms with Crippen LogP contribution in [0.2, 0.25) is 0 Å². The fourth-order valence-corrected chi connectivity index (χ4v) is 2.82. The summed E-state index contributed by atoms with van der Waals surface area (Å²) in [4.78, 5) is 70.9. The van der Waals surface area contributed by atoms with Crippen molar-refractivity contribution >= 4 is 35.6 Å². The van der Waals surface area contributed by atoms with Gasteiger partial charge in [0.2, 0.25) is 17.7 Å². The molecule has 0 saturated heterocycles. The first kappa shape index (κ1) is 28.0. The second kappa shape index (κ2) is 13.5. The maximum atomic E-state index is 12.9. The largest absolute Gasteiger partial charge is 0.481 e. The van der Waals surface area contributed by atoms with Gasteiger partial charge in [-0.1, -0.05) is 30.3 Å². The highest BCUT2D eigenvalue weighted by Gasteiger charge is 2.31. The molecule has 0 heterocycles. The number of hydrogen-bond donors (Lipinski definition) is 7. The number of nitrogens with two attached hydrogens (primary N) is 1. The highest BCUT2D eigenvalue weighted by molar-refractivity contribution is 5.94. The molecule has 34 heavy (non-hydrogen) atoms. The van der Waals surface area contributed by atoms with Gasteiger partial charge < -0.3 is 37.0 Å². The predicted molar refractivity (Wildman–Crippen MR) is 116 cm³/mol. The lowest BCUT2D eigenvalue weighted by atomic mass is 10.0. The van der Waals surface area contributed by atoms with Gasteiger partial charge in [0.1, 0.15) is 18.1 Å². The summed E-state index contributed by atoms with van der Waals surface area (Å²) in [6.07, 6.45) is -1.74. The van der Waals surface area contributed by atoms with Crippen LogP contribution in [0.4, 0.5) is 0 Å². The number of aliphatic carboxylic acids is 3. The van der Waals surface area contributed by atoms with Crippen LogP contribution >= 0.6 is 0 Å². The van der Waals surface area contributed by atoms with Crippen molar-refractivity contribution < 1.29 is 44.1 Å². The third-order valence-electron chi connectivity index (χ3n) is 4.60. The molecule has 1 rings (SSSR count). The van der Waals surface area contributed by atoms with Crippen molar-refractivity contribution in [3.63, 3.8) is 0 Å². The molecule has 1 aromatic rings. The summed E-state index contributed by atoms with van der Waals surface area (Å²) in [6, 6.07) is 2.94. The number of benzene rings is 1. The Kier molecular flexibility index (Phi) is 11.2. The van der Waals surface area contributed by atoms with Gasteiger partial charge in [-0.3, -0.25) is 24.0 Å². The van der Waals surface area contributed by atoms with Gasteiger partial charge in [-0.15, -0.1) is 0 Å². The second-order valence-electron chi connectivity index (χ2n) is 7.53. The molecule has 13 heteroatoms. The summed E-state index contributed by atoms with van der Waals surface area (Å²) in [7, 11) is 0. The molecule has 8 N–H and O–H groups in total. The van der Waals surface area contributed by atoms with Gasteiger partial charge in [0.15, 0.2) is 0 Å². The topological polar surface area (TPSA) is 225 Å². The van der Waals surface area contributed by atoms with E-state index in [-0.39, 0.29) is 12.8 Å². The number of hydrogen-bond acceptors (Lipinski definition) is 7. The van der Waals surface area contributed by atoms with Crippen LogP contribution < -0.4 is 21.7 Å². The number of nitrogens with one attached hydrogen (secondary N) is 3. The summed E-state index contributed by atoms with van der Waals surface area (Å²) < 4.78 is 0. The van der Waals surface area contributed by atoms with E-state index in [1.165, 1.54) is 6.92 Å². The summed E-state index contributed by atoms with van der Waals surface area (Å²) in [5.74, 6) is -6.84. The average molecular weight is 480 g/mol. The monoisotopic (exact) mass is 480 g/mol. The maximum absolute atomic E-state index is 12.9. The smallest absolute Gasteiger partial charge is 0.326 e. The van der Waals surface area contributed by atoms with Gasteiger partial charge in [-0.05, 0) is 18.9 Å². The molecule has 0 saturated carbocycles. The molecule has 0 aromatic heterocycles. The second-order valence-corrected chi connectivity index (χ2v) is 7.53. The molecule has 0 aliphatic rings. The van der Waals surface area contributed by atoms with Crippen LogP contribution in [0.5, 0.6) is 0 Å². The third-order valence-corrected chi connectivity index (χ3v) is 4.60. The summed E-state index contributed by atoms with van der Waals surface area (Å²) in [5, 5.41) is 33.8. The van der Waals surface area contributed by atoms with E-state index in [0.717, 1.165) is 0 Å². The van der Waals surface area contributed by atoms with E-state index in [4.69, 9.17) is 15.9 Å². The lowest BCUT2D eigenvalue weighted by Crippen LogP contribution is -2.57. The molecule has 0 spiro atoms. The molecule has 1 aromatic carbocycles. The fourth-order valence-electron chi connectivity index (χ4n) is 2.82. The zero-order valence-electron chi connectivity index (χ0n) is 18.4. The highest BCUT2D eigenvalue weighted by atomic mass is 16.4. The third kappa shape index (κ3) is 10.1. The maximum Gasteiger partial charge on any atom is 0.326 e. The van der Waals surface area contributed by atoms with Gasteiger partial charge in [-0.2, -0.15) is 0 Å². The number of rotatable bonds is 14. The molecule has 0 fully saturated rings. The van der Waals surface area contributed by atoms with Gasteiger partial charge >= 0.3 is 17.9 Å². The first-order valence-corrected chi connectivity index (χ1v) is 10.3. The zero-order chi connectivity index (χ0) is 25.8. The van der Waals surface area contributed by atoms with Crippen molar-refractivity contribution in [3.05, 3.63) is 35.9 Å². The molecule has 4 atom stereocenters. The Morgan fingerprint density at radius 2 is 1.32 bits per heavy atom. The van der Waals surface area contributed by atoms with Crippen LogP contribution in [-0.2, 0) is 35.2 Å². The van der Waals surface area contributed by atoms with E-state index in [0.29, 0.717) is 5.56 Å². The van der Waals surface area contributed by atoms with E-state index in [1.807, 2.05) is 0 Å². The van der Waals surface area contributed by atoms with E-state index in [2.05, 4.69) is 16.0 Å². The van der Waals surface area contributed by atoms with Gasteiger partial charge in [0, 0.05) is 12.8 Å². The van der Waals surface area contributed by atoms with Gasteiger partial charge in [-0.25, -0.2) is 4.79 Å². The van der Waals surface area contributed by atoms with Crippen LogP contribution in [0.1, 0.15) is 31.7 Å². The van der Waals surface area contributed by atoms with Crippen molar-refractivity contribution in [2.75, 3.05) is 0 Å². The van der Waals surface area contributed by atoms with Crippen molar-refractivity contribution in [2.45, 2.75) is 56.8 Å². The van der Waals surface area contributed by atoms with Crippen LogP contribution in [-0.4, -0.2) is 75.1 Å². The van der Waals surface area contributed by atoms with E-state index < -0.39 is 72.6 Å². The number of carbonyl (C=O) groups excluding carboxylic acids is 3. The molecule has 0 bridgehead atoms. The molecular weight excluding hydrogens is 452 g/mol. The Labute approximate surface area is 194 Å². The van der Waals surface area contributed by atoms with Crippen molar-refractivity contribution in [3.8, 4) is 0 Å². The van der Waals surface area contributed by atoms with Crippen molar-refractivity contribution in [1.82, 2.24) is 16.0 Å². The van der Waals surface area contributed by atoms with Crippen LogP contribution in [0.15, 0.2) is 30.3 Å². The molecule has 0 aliphatic carbocycles. The Hall–Kier alpha value is -4.00. The number of amides is 3. The summed E-state index contributed by atoms with van der Waals surface area (Å²) >= 11 is 0. The number of carboxylic acid groups (broad SMARTS) is 3. The van der Waals surface area contributed by atoms with Crippen molar-refractivity contribution in [2.24, 2.45) is 5.73 Å². The SMILES string of the molecule is C[C@H](N)C(=O)N[C@@H](CCC(=O)O)C(=O)N[C@@H](Cc1ccccc1)C(=O)N[C@@H](CC(=O)O)C(=O)O. The predicted octanol–water partition coefficient (Wildman–Crippen LogP) is -1.55. The lowest BCUT2D eigenvalue weighted by molar-refractivity contribution is -0.147. The molecule has 13 nitrogen and oxygen atoms in total. The molecule has 0 aliphatic heterocycles. The molecular formula is C21H28N4O9.